The lowest BCUT2D eigenvalue weighted by atomic mass is 9.73. The third kappa shape index (κ3) is 6.07. The Morgan fingerprint density at radius 1 is 1.03 bits per heavy atom. The van der Waals surface area contributed by atoms with E-state index in [1.165, 1.54) is 12.1 Å². The second kappa shape index (κ2) is 11.4. The van der Waals surface area contributed by atoms with E-state index in [9.17, 15) is 18.4 Å². The minimum atomic E-state index is -0.790. The van der Waals surface area contributed by atoms with Gasteiger partial charge in [-0.1, -0.05) is 41.6 Å². The molecule has 2 aromatic carbocycles. The van der Waals surface area contributed by atoms with Gasteiger partial charge in [-0.2, -0.15) is 0 Å². The number of amides is 2. The average Bonchev–Trinajstić information content (AvgIpc) is 3.36. The average molecular weight is 523 g/mol. The summed E-state index contributed by atoms with van der Waals surface area (Å²) in [5.41, 5.74) is 1.33. The summed E-state index contributed by atoms with van der Waals surface area (Å²) in [5, 5.41) is 14.6. The number of hydrogen-bond donors (Lipinski definition) is 2. The maximum absolute atomic E-state index is 14.3. The number of piperidine rings is 1. The molecule has 0 unspecified atom stereocenters. The molecule has 0 radical (unpaired) electrons. The van der Waals surface area contributed by atoms with Crippen LogP contribution in [-0.2, 0) is 35.5 Å². The molecule has 0 aliphatic carbocycles. The minimum absolute atomic E-state index is 0.185. The molecular weight excluding hydrogens is 490 g/mol. The van der Waals surface area contributed by atoms with Gasteiger partial charge in [0.05, 0.1) is 11.1 Å². The van der Waals surface area contributed by atoms with Crippen molar-refractivity contribution in [1.29, 1.82) is 0 Å². The van der Waals surface area contributed by atoms with Gasteiger partial charge in [0.25, 0.3) is 0 Å². The molecule has 38 heavy (non-hydrogen) atoms. The van der Waals surface area contributed by atoms with E-state index in [0.717, 1.165) is 17.3 Å². The first-order valence-corrected chi connectivity index (χ1v) is 13.1. The molecule has 10 heteroatoms. The molecule has 8 nitrogen and oxygen atoms in total. The van der Waals surface area contributed by atoms with Crippen LogP contribution >= 0.6 is 0 Å². The Morgan fingerprint density at radius 3 is 2.58 bits per heavy atom. The summed E-state index contributed by atoms with van der Waals surface area (Å²) in [5.74, 6) is -1.57. The molecule has 2 N–H and O–H groups in total. The van der Waals surface area contributed by atoms with E-state index in [-0.39, 0.29) is 11.8 Å². The summed E-state index contributed by atoms with van der Waals surface area (Å²) in [7, 11) is 0. The molecule has 200 valence electrons. The largest absolute Gasteiger partial charge is 0.354 e. The summed E-state index contributed by atoms with van der Waals surface area (Å²) in [4.78, 5) is 29.2. The zero-order chi connectivity index (χ0) is 26.5. The zero-order valence-electron chi connectivity index (χ0n) is 21.2. The van der Waals surface area contributed by atoms with Gasteiger partial charge >= 0.3 is 0 Å². The van der Waals surface area contributed by atoms with Gasteiger partial charge in [-0.25, -0.2) is 8.78 Å². The van der Waals surface area contributed by atoms with Crippen molar-refractivity contribution in [1.82, 2.24) is 30.5 Å². The van der Waals surface area contributed by atoms with Crippen molar-refractivity contribution in [3.05, 3.63) is 83.2 Å². The van der Waals surface area contributed by atoms with Crippen LogP contribution in [0.4, 0.5) is 8.78 Å². The van der Waals surface area contributed by atoms with Crippen LogP contribution in [0.5, 0.6) is 0 Å². The van der Waals surface area contributed by atoms with Crippen molar-refractivity contribution in [3.8, 4) is 0 Å². The van der Waals surface area contributed by atoms with E-state index in [2.05, 4.69) is 25.8 Å². The fourth-order valence-electron chi connectivity index (χ4n) is 5.34. The Kier molecular flexibility index (Phi) is 7.78. The number of halogens is 2. The quantitative estimate of drug-likeness (QED) is 0.550. The van der Waals surface area contributed by atoms with Gasteiger partial charge < -0.3 is 10.6 Å². The Morgan fingerprint density at radius 2 is 1.82 bits per heavy atom. The van der Waals surface area contributed by atoms with E-state index in [0.29, 0.717) is 70.4 Å². The lowest BCUT2D eigenvalue weighted by Gasteiger charge is -2.41. The van der Waals surface area contributed by atoms with Crippen LogP contribution in [0.25, 0.3) is 0 Å². The molecule has 1 aromatic heterocycles. The fourth-order valence-corrected chi connectivity index (χ4v) is 5.34. The van der Waals surface area contributed by atoms with Crippen molar-refractivity contribution in [2.24, 2.45) is 5.41 Å². The molecule has 2 aliphatic heterocycles. The summed E-state index contributed by atoms with van der Waals surface area (Å²) in [6.07, 6.45) is 4.37. The van der Waals surface area contributed by atoms with Gasteiger partial charge in [-0.05, 0) is 44.0 Å². The maximum atomic E-state index is 14.3. The fraction of sp³-hybridized carbons (Fsp3) is 0.429. The monoisotopic (exact) mass is 522 g/mol. The molecule has 2 bridgehead atoms. The second-order valence-corrected chi connectivity index (χ2v) is 10.3. The number of nitrogens with one attached hydrogen (secondary N) is 2. The predicted molar refractivity (Wildman–Crippen MR) is 137 cm³/mol. The summed E-state index contributed by atoms with van der Waals surface area (Å²) in [6.45, 7) is 2.51. The standard InChI is InChI=1S/C28H32F2N6O2/c29-22-8-7-21(24(30)16-22)18-35-13-9-28(10-14-35)17-23-19-36(34-33-23)12-4-11-31-26(37)25(32-27(28)38)15-20-5-2-1-3-6-20/h1-3,5-8,16,19,25H,4,9-15,17-18H2,(H,31,37)(H,32,38)/t25-/m0/s1. The third-order valence-electron chi connectivity index (χ3n) is 7.58. The summed E-state index contributed by atoms with van der Waals surface area (Å²) >= 11 is 0. The number of aryl methyl sites for hydroxylation is 1. The Hall–Kier alpha value is -3.66. The van der Waals surface area contributed by atoms with Gasteiger partial charge in [0, 0.05) is 50.3 Å². The molecular formula is C28H32F2N6O2. The number of hydrogen-bond acceptors (Lipinski definition) is 5. The zero-order valence-corrected chi connectivity index (χ0v) is 21.2. The highest BCUT2D eigenvalue weighted by molar-refractivity contribution is 5.90. The molecule has 2 aliphatic rings. The Balaban J connectivity index is 1.37. The second-order valence-electron chi connectivity index (χ2n) is 10.3. The molecule has 3 heterocycles. The number of rotatable bonds is 4. The van der Waals surface area contributed by atoms with E-state index < -0.39 is 23.1 Å². The van der Waals surface area contributed by atoms with Crippen molar-refractivity contribution in [3.63, 3.8) is 0 Å². The van der Waals surface area contributed by atoms with Crippen molar-refractivity contribution < 1.29 is 18.4 Å². The molecule has 0 saturated carbocycles. The van der Waals surface area contributed by atoms with Crippen LogP contribution in [-0.4, -0.2) is 57.4 Å². The summed E-state index contributed by atoms with van der Waals surface area (Å²) < 4.78 is 29.3. The first-order chi connectivity index (χ1) is 18.4. The van der Waals surface area contributed by atoms with Crippen LogP contribution < -0.4 is 10.6 Å². The summed E-state index contributed by atoms with van der Waals surface area (Å²) in [6, 6.07) is 12.5. The van der Waals surface area contributed by atoms with Crippen LogP contribution in [0.15, 0.2) is 54.7 Å². The van der Waals surface area contributed by atoms with E-state index in [1.807, 2.05) is 36.5 Å². The van der Waals surface area contributed by atoms with E-state index in [4.69, 9.17) is 0 Å². The number of likely N-dealkylation sites (tertiary alicyclic amines) is 1. The lowest BCUT2D eigenvalue weighted by Crippen LogP contribution is -2.56. The molecule has 1 spiro atoms. The van der Waals surface area contributed by atoms with Crippen LogP contribution in [0.3, 0.4) is 0 Å². The van der Waals surface area contributed by atoms with Gasteiger partial charge in [0.1, 0.15) is 17.7 Å². The van der Waals surface area contributed by atoms with E-state index in [1.54, 1.807) is 4.68 Å². The van der Waals surface area contributed by atoms with Crippen LogP contribution in [0.1, 0.15) is 36.1 Å². The van der Waals surface area contributed by atoms with E-state index >= 15 is 0 Å². The van der Waals surface area contributed by atoms with Crippen molar-refractivity contribution >= 4 is 11.8 Å². The molecule has 3 aromatic rings. The SMILES string of the molecule is O=C1NCCCn2cc(nn2)CC2(CCN(Cc3ccc(F)cc3F)CC2)C(=O)N[C@H]1Cc1ccccc1. The third-order valence-corrected chi connectivity index (χ3v) is 7.58. The first-order valence-electron chi connectivity index (χ1n) is 13.1. The van der Waals surface area contributed by atoms with Gasteiger partial charge in [0.15, 0.2) is 0 Å². The van der Waals surface area contributed by atoms with Crippen molar-refractivity contribution in [2.75, 3.05) is 19.6 Å². The topological polar surface area (TPSA) is 92.2 Å². The smallest absolute Gasteiger partial charge is 0.242 e. The first kappa shape index (κ1) is 26.0. The number of carbonyl (C=O) groups excluding carboxylic acids is 2. The Labute approximate surface area is 220 Å². The molecule has 5 rings (SSSR count). The highest BCUT2D eigenvalue weighted by Crippen LogP contribution is 2.36. The number of carbonyl (C=O) groups is 2. The number of aromatic nitrogens is 3. The predicted octanol–water partition coefficient (Wildman–Crippen LogP) is 2.63. The highest BCUT2D eigenvalue weighted by atomic mass is 19.1. The lowest BCUT2D eigenvalue weighted by molar-refractivity contribution is -0.137. The van der Waals surface area contributed by atoms with Crippen LogP contribution in [0.2, 0.25) is 0 Å². The van der Waals surface area contributed by atoms with Gasteiger partial charge in [-0.15, -0.1) is 5.10 Å². The van der Waals surface area contributed by atoms with Crippen LogP contribution in [0, 0.1) is 17.0 Å². The highest BCUT2D eigenvalue weighted by Gasteiger charge is 2.43. The number of fused-ring (bicyclic) bond motifs is 2. The maximum Gasteiger partial charge on any atom is 0.242 e. The van der Waals surface area contributed by atoms with Crippen molar-refractivity contribution in [2.45, 2.75) is 51.2 Å². The molecule has 1 fully saturated rings. The number of benzene rings is 2. The number of nitrogens with zero attached hydrogens (tertiary/aromatic N) is 4. The van der Waals surface area contributed by atoms with Gasteiger partial charge in [-0.3, -0.25) is 19.2 Å². The minimum Gasteiger partial charge on any atom is -0.354 e. The Bertz CT molecular complexity index is 1270. The molecule has 1 atom stereocenters. The molecule has 2 amide bonds. The van der Waals surface area contributed by atoms with Gasteiger partial charge in [0.2, 0.25) is 11.8 Å². The normalized spacial score (nSPS) is 20.6. The molecule has 1 saturated heterocycles.